The van der Waals surface area contributed by atoms with Crippen molar-refractivity contribution in [2.45, 2.75) is 24.2 Å². The minimum atomic E-state index is -1.79. The summed E-state index contributed by atoms with van der Waals surface area (Å²) in [4.78, 5) is 60.6. The molecule has 3 N–H and O–H groups in total. The fourth-order valence-electron chi connectivity index (χ4n) is 9.85. The van der Waals surface area contributed by atoms with Gasteiger partial charge in [-0.2, -0.15) is 0 Å². The molecule has 0 bridgehead atoms. The van der Waals surface area contributed by atoms with Gasteiger partial charge >= 0.3 is 7.12 Å². The quantitative estimate of drug-likeness (QED) is 0.130. The van der Waals surface area contributed by atoms with Gasteiger partial charge in [0.25, 0.3) is 0 Å². The Kier molecular flexibility index (Phi) is 7.69. The normalized spacial score (nSPS) is 26.5. The monoisotopic (exact) mass is 699 g/mol. The highest BCUT2D eigenvalue weighted by molar-refractivity contribution is 6.58. The van der Waals surface area contributed by atoms with Gasteiger partial charge in [0, 0.05) is 23.0 Å². The molecule has 1 aliphatic heterocycles. The van der Waals surface area contributed by atoms with Crippen LogP contribution in [0.3, 0.4) is 0 Å². The smallest absolute Gasteiger partial charge is 0.488 e. The lowest BCUT2D eigenvalue weighted by Crippen LogP contribution is -2.58. The number of Topliss-reactive ketones (excluding diaryl/α,β-unsaturated/α-hetero) is 1. The first-order valence-electron chi connectivity index (χ1n) is 17.9. The minimum Gasteiger partial charge on any atom is -0.508 e. The van der Waals surface area contributed by atoms with Gasteiger partial charge in [0.05, 0.1) is 22.9 Å². The van der Waals surface area contributed by atoms with Gasteiger partial charge in [0.2, 0.25) is 11.8 Å². The molecule has 3 aliphatic carbocycles. The Morgan fingerprint density at radius 3 is 2.21 bits per heavy atom. The number of imide groups is 1. The Balaban J connectivity index is 1.30. The Morgan fingerprint density at radius 2 is 1.45 bits per heavy atom. The van der Waals surface area contributed by atoms with Crippen molar-refractivity contribution in [2.24, 2.45) is 23.7 Å². The molecule has 6 atom stereocenters. The molecular weight excluding hydrogens is 665 g/mol. The summed E-state index contributed by atoms with van der Waals surface area (Å²) in [6, 6.07) is 35.5. The second-order valence-corrected chi connectivity index (χ2v) is 14.5. The number of carbonyl (C=O) groups is 4. The SMILES string of the molecule is O=C1C(c2ccccc2)=CC(=O)C2(c3ccccc3)C1CC1C(=CCC3C(=O)N(c4cccc(B(O)O)c4)C(=O)C31)C2c1c(O)ccc2ccccc12. The molecule has 260 valence electrons. The first-order chi connectivity index (χ1) is 25.7. The highest BCUT2D eigenvalue weighted by Crippen LogP contribution is 2.65. The van der Waals surface area contributed by atoms with Crippen LogP contribution in [-0.4, -0.2) is 45.7 Å². The van der Waals surface area contributed by atoms with Gasteiger partial charge < -0.3 is 15.2 Å². The van der Waals surface area contributed by atoms with Crippen molar-refractivity contribution < 1.29 is 34.3 Å². The topological polar surface area (TPSA) is 132 Å². The number of phenols is 1. The van der Waals surface area contributed by atoms with Crippen molar-refractivity contribution in [3.05, 3.63) is 156 Å². The number of carbonyl (C=O) groups excluding carboxylic acids is 4. The van der Waals surface area contributed by atoms with E-state index in [4.69, 9.17) is 0 Å². The van der Waals surface area contributed by atoms with Crippen molar-refractivity contribution in [3.63, 3.8) is 0 Å². The summed E-state index contributed by atoms with van der Waals surface area (Å²) < 4.78 is 0. The number of aromatic hydroxyl groups is 1. The molecule has 5 aromatic carbocycles. The van der Waals surface area contributed by atoms with E-state index in [1.165, 1.54) is 18.2 Å². The third-order valence-corrected chi connectivity index (χ3v) is 12.0. The molecule has 9 heteroatoms. The molecule has 2 fully saturated rings. The summed E-state index contributed by atoms with van der Waals surface area (Å²) in [6.07, 6.45) is 3.78. The van der Waals surface area contributed by atoms with Gasteiger partial charge in [-0.1, -0.05) is 115 Å². The molecule has 4 aliphatic rings. The molecule has 8 nitrogen and oxygen atoms in total. The van der Waals surface area contributed by atoms with Crippen molar-refractivity contribution in [1.82, 2.24) is 0 Å². The van der Waals surface area contributed by atoms with E-state index in [9.17, 15) is 24.7 Å². The second-order valence-electron chi connectivity index (χ2n) is 14.5. The number of nitrogens with zero attached hydrogens (tertiary/aromatic N) is 1. The van der Waals surface area contributed by atoms with Gasteiger partial charge in [0.15, 0.2) is 11.6 Å². The number of hydrogen-bond donors (Lipinski definition) is 3. The number of benzene rings is 5. The van der Waals surface area contributed by atoms with E-state index in [2.05, 4.69) is 0 Å². The molecule has 0 spiro atoms. The molecule has 6 unspecified atom stereocenters. The zero-order valence-electron chi connectivity index (χ0n) is 28.5. The number of hydrogen-bond acceptors (Lipinski definition) is 7. The first-order valence-corrected chi connectivity index (χ1v) is 17.9. The average molecular weight is 700 g/mol. The lowest BCUT2D eigenvalue weighted by Gasteiger charge is -2.55. The number of ketones is 2. The summed E-state index contributed by atoms with van der Waals surface area (Å²) in [7, 11) is -1.79. The second kappa shape index (κ2) is 12.4. The van der Waals surface area contributed by atoms with Gasteiger partial charge in [-0.05, 0) is 70.4 Å². The summed E-state index contributed by atoms with van der Waals surface area (Å²) >= 11 is 0. The first kappa shape index (κ1) is 33.0. The molecule has 53 heavy (non-hydrogen) atoms. The molecule has 0 radical (unpaired) electrons. The average Bonchev–Trinajstić information content (AvgIpc) is 3.45. The van der Waals surface area contributed by atoms with Crippen LogP contribution in [0.4, 0.5) is 5.69 Å². The zero-order chi connectivity index (χ0) is 36.6. The van der Waals surface area contributed by atoms with Crippen molar-refractivity contribution in [1.29, 1.82) is 0 Å². The number of anilines is 1. The Bertz CT molecular complexity index is 2420. The molecule has 0 aromatic heterocycles. The molecule has 2 amide bonds. The van der Waals surface area contributed by atoms with Crippen LogP contribution in [0.5, 0.6) is 5.75 Å². The lowest BCUT2D eigenvalue weighted by atomic mass is 9.44. The van der Waals surface area contributed by atoms with Gasteiger partial charge in [0.1, 0.15) is 5.75 Å². The predicted octanol–water partition coefficient (Wildman–Crippen LogP) is 5.25. The maximum atomic E-state index is 15.3. The van der Waals surface area contributed by atoms with Crippen LogP contribution < -0.4 is 10.4 Å². The number of fused-ring (bicyclic) bond motifs is 5. The summed E-state index contributed by atoms with van der Waals surface area (Å²) in [5, 5.41) is 33.2. The lowest BCUT2D eigenvalue weighted by molar-refractivity contribution is -0.135. The number of phenolic OH excluding ortho intramolecular Hbond substituents is 1. The van der Waals surface area contributed by atoms with E-state index in [1.54, 1.807) is 30.3 Å². The van der Waals surface area contributed by atoms with Crippen LogP contribution in [-0.2, 0) is 24.6 Å². The number of rotatable bonds is 5. The van der Waals surface area contributed by atoms with Crippen molar-refractivity contribution in [3.8, 4) is 5.75 Å². The Hall–Kier alpha value is -5.90. The maximum Gasteiger partial charge on any atom is 0.488 e. The van der Waals surface area contributed by atoms with Crippen LogP contribution in [0.15, 0.2) is 139 Å². The van der Waals surface area contributed by atoms with E-state index < -0.39 is 53.9 Å². The van der Waals surface area contributed by atoms with Crippen LogP contribution in [0, 0.1) is 23.7 Å². The minimum absolute atomic E-state index is 0.0284. The molecule has 1 saturated heterocycles. The van der Waals surface area contributed by atoms with E-state index in [1.807, 2.05) is 84.9 Å². The van der Waals surface area contributed by atoms with Gasteiger partial charge in [-0.3, -0.25) is 24.1 Å². The summed E-state index contributed by atoms with van der Waals surface area (Å²) in [5.41, 5.74) is 1.69. The van der Waals surface area contributed by atoms with E-state index >= 15 is 9.59 Å². The highest BCUT2D eigenvalue weighted by atomic mass is 16.4. The molecular formula is C44H34BNO7. The number of allylic oxidation sites excluding steroid dienone is 4. The highest BCUT2D eigenvalue weighted by Gasteiger charge is 2.66. The molecule has 5 aromatic rings. The maximum absolute atomic E-state index is 15.3. The fourth-order valence-corrected chi connectivity index (χ4v) is 9.85. The fraction of sp³-hybridized carbons (Fsp3) is 0.182. The number of amides is 2. The summed E-state index contributed by atoms with van der Waals surface area (Å²) in [5.74, 6) is -5.40. The van der Waals surface area contributed by atoms with Gasteiger partial charge in [-0.15, -0.1) is 0 Å². The molecule has 1 heterocycles. The van der Waals surface area contributed by atoms with E-state index in [0.29, 0.717) is 22.3 Å². The van der Waals surface area contributed by atoms with Crippen LogP contribution in [0.2, 0.25) is 0 Å². The predicted molar refractivity (Wildman–Crippen MR) is 201 cm³/mol. The van der Waals surface area contributed by atoms with E-state index in [-0.39, 0.29) is 41.3 Å². The van der Waals surface area contributed by atoms with Crippen molar-refractivity contribution >= 4 is 58.0 Å². The Morgan fingerprint density at radius 1 is 0.736 bits per heavy atom. The third-order valence-electron chi connectivity index (χ3n) is 12.0. The van der Waals surface area contributed by atoms with Crippen LogP contribution in [0.25, 0.3) is 16.3 Å². The van der Waals surface area contributed by atoms with Crippen LogP contribution >= 0.6 is 0 Å². The van der Waals surface area contributed by atoms with Gasteiger partial charge in [-0.25, -0.2) is 0 Å². The Labute approximate surface area is 305 Å². The standard InChI is InChI=1S/C44H34BNO7/c47-36-21-18-26-12-7-8-17-30(26)39(36)40-31-19-20-32-38(43(51)46(42(32)50)29-16-9-15-28(22-29)45(52)53)34(31)23-35-41(49)33(25-10-3-1-4-11-25)24-37(48)44(35,40)27-13-5-2-6-14-27/h1-19,21-22,24,32,34-35,38,40,47,52-53H,20,23H2. The van der Waals surface area contributed by atoms with E-state index in [0.717, 1.165) is 21.2 Å². The third kappa shape index (κ3) is 4.77. The van der Waals surface area contributed by atoms with Crippen molar-refractivity contribution in [2.75, 3.05) is 4.90 Å². The molecule has 9 rings (SSSR count). The zero-order valence-corrected chi connectivity index (χ0v) is 28.5. The molecule has 1 saturated carbocycles. The van der Waals surface area contributed by atoms with Crippen LogP contribution in [0.1, 0.15) is 35.4 Å². The summed E-state index contributed by atoms with van der Waals surface area (Å²) in [6.45, 7) is 0. The largest absolute Gasteiger partial charge is 0.508 e.